The third-order valence-corrected chi connectivity index (χ3v) is 3.22. The predicted octanol–water partition coefficient (Wildman–Crippen LogP) is 3.46. The van der Waals surface area contributed by atoms with Gasteiger partial charge in [0.2, 0.25) is 5.76 Å². The van der Waals surface area contributed by atoms with Crippen molar-refractivity contribution in [2.24, 2.45) is 0 Å². The molecule has 0 atom stereocenters. The van der Waals surface area contributed by atoms with E-state index in [0.717, 1.165) is 18.4 Å². The Labute approximate surface area is 96.8 Å². The molecule has 17 heavy (non-hydrogen) atoms. The topological polar surface area (TPSA) is 50.4 Å². The molecule has 4 heteroatoms. The number of benzene rings is 1. The molecule has 0 amide bonds. The van der Waals surface area contributed by atoms with Gasteiger partial charge in [0.1, 0.15) is 0 Å². The number of furan rings is 1. The molecule has 0 saturated heterocycles. The van der Waals surface area contributed by atoms with Crippen molar-refractivity contribution in [3.63, 3.8) is 0 Å². The van der Waals surface area contributed by atoms with Gasteiger partial charge >= 0.3 is 5.97 Å². The molecule has 1 fully saturated rings. The second kappa shape index (κ2) is 3.32. The molecule has 1 N–H and O–H groups in total. The molecule has 1 saturated carbocycles. The van der Waals surface area contributed by atoms with E-state index in [4.69, 9.17) is 9.52 Å². The number of carboxylic acid groups (broad SMARTS) is 1. The van der Waals surface area contributed by atoms with Crippen molar-refractivity contribution >= 4 is 16.9 Å². The number of hydrogen-bond acceptors (Lipinski definition) is 2. The lowest BCUT2D eigenvalue weighted by Gasteiger charge is -1.99. The van der Waals surface area contributed by atoms with E-state index in [1.54, 1.807) is 6.07 Å². The van der Waals surface area contributed by atoms with Crippen LogP contribution in [0.5, 0.6) is 0 Å². The number of carboxylic acids is 1. The Kier molecular flexibility index (Phi) is 2.02. The number of aryl methyl sites for hydroxylation is 1. The van der Waals surface area contributed by atoms with E-state index >= 15 is 0 Å². The summed E-state index contributed by atoms with van der Waals surface area (Å²) >= 11 is 0. The van der Waals surface area contributed by atoms with Gasteiger partial charge in [0.05, 0.1) is 0 Å². The summed E-state index contributed by atoms with van der Waals surface area (Å²) in [6, 6.07) is 2.97. The van der Waals surface area contributed by atoms with Gasteiger partial charge in [-0.05, 0) is 37.3 Å². The molecule has 1 aromatic carbocycles. The summed E-state index contributed by atoms with van der Waals surface area (Å²) < 4.78 is 18.8. The highest BCUT2D eigenvalue weighted by Crippen LogP contribution is 2.47. The van der Waals surface area contributed by atoms with Crippen LogP contribution in [0.3, 0.4) is 0 Å². The summed E-state index contributed by atoms with van der Waals surface area (Å²) in [7, 11) is 0. The molecule has 1 aliphatic rings. The Morgan fingerprint density at radius 1 is 1.47 bits per heavy atom. The van der Waals surface area contributed by atoms with Crippen molar-refractivity contribution in [1.82, 2.24) is 0 Å². The minimum absolute atomic E-state index is 0.0734. The van der Waals surface area contributed by atoms with E-state index in [9.17, 15) is 9.18 Å². The minimum atomic E-state index is -1.12. The van der Waals surface area contributed by atoms with Gasteiger partial charge in [-0.25, -0.2) is 9.18 Å². The highest BCUT2D eigenvalue weighted by molar-refractivity contribution is 5.97. The fourth-order valence-corrected chi connectivity index (χ4v) is 2.28. The van der Waals surface area contributed by atoms with Crippen LogP contribution >= 0.6 is 0 Å². The lowest BCUT2D eigenvalue weighted by atomic mass is 10.0. The zero-order valence-electron chi connectivity index (χ0n) is 9.29. The smallest absolute Gasteiger partial charge is 0.372 e. The van der Waals surface area contributed by atoms with Gasteiger partial charge in [0.25, 0.3) is 0 Å². The van der Waals surface area contributed by atoms with E-state index < -0.39 is 11.8 Å². The molecule has 3 nitrogen and oxygen atoms in total. The third-order valence-electron chi connectivity index (χ3n) is 3.22. The summed E-state index contributed by atoms with van der Waals surface area (Å²) in [5, 5.41) is 9.75. The first-order valence-corrected chi connectivity index (χ1v) is 5.54. The molecular weight excluding hydrogens is 223 g/mol. The van der Waals surface area contributed by atoms with E-state index in [1.807, 2.05) is 6.92 Å². The molecule has 0 spiro atoms. The molecule has 1 aliphatic carbocycles. The molecule has 1 heterocycles. The molecule has 3 rings (SSSR count). The van der Waals surface area contributed by atoms with Gasteiger partial charge in [0, 0.05) is 10.9 Å². The molecule has 0 radical (unpaired) electrons. The lowest BCUT2D eigenvalue weighted by molar-refractivity contribution is 0.0663. The van der Waals surface area contributed by atoms with Gasteiger partial charge in [-0.15, -0.1) is 0 Å². The van der Waals surface area contributed by atoms with Crippen molar-refractivity contribution in [2.75, 3.05) is 0 Å². The van der Waals surface area contributed by atoms with Crippen LogP contribution in [0.15, 0.2) is 16.5 Å². The predicted molar refractivity (Wildman–Crippen MR) is 59.8 cm³/mol. The average Bonchev–Trinajstić information content (AvgIpc) is 3.03. The van der Waals surface area contributed by atoms with Gasteiger partial charge in [-0.1, -0.05) is 6.07 Å². The highest BCUT2D eigenvalue weighted by atomic mass is 19.1. The lowest BCUT2D eigenvalue weighted by Crippen LogP contribution is -1.97. The summed E-state index contributed by atoms with van der Waals surface area (Å²) in [6.07, 6.45) is 1.90. The van der Waals surface area contributed by atoms with Gasteiger partial charge in [-0.3, -0.25) is 0 Å². The number of hydrogen-bond donors (Lipinski definition) is 1. The van der Waals surface area contributed by atoms with Crippen molar-refractivity contribution in [3.8, 4) is 0 Å². The van der Waals surface area contributed by atoms with Crippen LogP contribution in [0.2, 0.25) is 0 Å². The van der Waals surface area contributed by atoms with Crippen LogP contribution in [0.25, 0.3) is 11.0 Å². The summed E-state index contributed by atoms with van der Waals surface area (Å²) in [5.41, 5.74) is 1.60. The van der Waals surface area contributed by atoms with Crippen LogP contribution in [0, 0.1) is 12.7 Å². The SMILES string of the molecule is Cc1ccc(F)c2oc(C(=O)O)c(C3CC3)c12. The maximum Gasteiger partial charge on any atom is 0.372 e. The number of carbonyl (C=O) groups is 1. The molecule has 0 unspecified atom stereocenters. The second-order valence-corrected chi connectivity index (χ2v) is 4.49. The number of rotatable bonds is 2. The Hall–Kier alpha value is -1.84. The minimum Gasteiger partial charge on any atom is -0.475 e. The third kappa shape index (κ3) is 1.44. The van der Waals surface area contributed by atoms with Crippen molar-refractivity contribution in [2.45, 2.75) is 25.7 Å². The maximum atomic E-state index is 13.6. The Balaban J connectivity index is 2.42. The molecule has 0 bridgehead atoms. The fourth-order valence-electron chi connectivity index (χ4n) is 2.28. The zero-order chi connectivity index (χ0) is 12.2. The van der Waals surface area contributed by atoms with E-state index in [0.29, 0.717) is 10.9 Å². The molecule has 2 aromatic rings. The molecule has 0 aliphatic heterocycles. The van der Waals surface area contributed by atoms with Gasteiger partial charge in [0.15, 0.2) is 11.4 Å². The van der Waals surface area contributed by atoms with Gasteiger partial charge in [-0.2, -0.15) is 0 Å². The Bertz CT molecular complexity index is 623. The van der Waals surface area contributed by atoms with E-state index in [-0.39, 0.29) is 17.3 Å². The molecular formula is C13H11FO3. The van der Waals surface area contributed by atoms with Crippen molar-refractivity contribution in [3.05, 3.63) is 34.8 Å². The van der Waals surface area contributed by atoms with E-state index in [2.05, 4.69) is 0 Å². The second-order valence-electron chi connectivity index (χ2n) is 4.49. The maximum absolute atomic E-state index is 13.6. The first-order valence-electron chi connectivity index (χ1n) is 5.54. The van der Waals surface area contributed by atoms with Gasteiger partial charge < -0.3 is 9.52 Å². The Morgan fingerprint density at radius 3 is 2.76 bits per heavy atom. The number of fused-ring (bicyclic) bond motifs is 1. The number of aromatic carboxylic acids is 1. The highest BCUT2D eigenvalue weighted by Gasteiger charge is 2.34. The first-order chi connectivity index (χ1) is 8.09. The average molecular weight is 234 g/mol. The summed E-state index contributed by atoms with van der Waals surface area (Å²) in [5.74, 6) is -1.51. The van der Waals surface area contributed by atoms with Crippen LogP contribution < -0.4 is 0 Å². The summed E-state index contributed by atoms with van der Waals surface area (Å²) in [6.45, 7) is 1.84. The van der Waals surface area contributed by atoms with Crippen LogP contribution in [0.1, 0.15) is 40.4 Å². The molecule has 1 aromatic heterocycles. The first kappa shape index (κ1) is 10.3. The zero-order valence-corrected chi connectivity index (χ0v) is 9.29. The fraction of sp³-hybridized carbons (Fsp3) is 0.308. The van der Waals surface area contributed by atoms with Crippen LogP contribution in [0.4, 0.5) is 4.39 Å². The summed E-state index contributed by atoms with van der Waals surface area (Å²) in [4.78, 5) is 11.1. The largest absolute Gasteiger partial charge is 0.475 e. The Morgan fingerprint density at radius 2 is 2.18 bits per heavy atom. The monoisotopic (exact) mass is 234 g/mol. The molecule has 88 valence electrons. The van der Waals surface area contributed by atoms with E-state index in [1.165, 1.54) is 6.07 Å². The quantitative estimate of drug-likeness (QED) is 0.865. The number of halogens is 1. The van der Waals surface area contributed by atoms with Crippen LogP contribution in [-0.4, -0.2) is 11.1 Å². The van der Waals surface area contributed by atoms with Crippen molar-refractivity contribution < 1.29 is 18.7 Å². The van der Waals surface area contributed by atoms with Crippen LogP contribution in [-0.2, 0) is 0 Å². The standard InChI is InChI=1S/C13H11FO3/c1-6-2-5-8(14)11-9(6)10(7-3-4-7)12(17-11)13(15)16/h2,5,7H,3-4H2,1H3,(H,15,16). The van der Waals surface area contributed by atoms with Crippen molar-refractivity contribution in [1.29, 1.82) is 0 Å². The normalized spacial score (nSPS) is 15.4.